The first-order valence-electron chi connectivity index (χ1n) is 12.2. The van der Waals surface area contributed by atoms with Gasteiger partial charge in [-0.05, 0) is 30.7 Å². The molecular formula is C28H29N5O4. The van der Waals surface area contributed by atoms with Crippen molar-refractivity contribution in [3.05, 3.63) is 72.3 Å². The van der Waals surface area contributed by atoms with Gasteiger partial charge >= 0.3 is 0 Å². The van der Waals surface area contributed by atoms with Gasteiger partial charge in [0.1, 0.15) is 17.1 Å². The summed E-state index contributed by atoms with van der Waals surface area (Å²) in [5.74, 6) is 1.35. The number of methoxy groups -OCH3 is 1. The number of hydrogen-bond acceptors (Lipinski definition) is 6. The fourth-order valence-corrected chi connectivity index (χ4v) is 4.62. The van der Waals surface area contributed by atoms with Crippen molar-refractivity contribution in [1.29, 1.82) is 0 Å². The van der Waals surface area contributed by atoms with Gasteiger partial charge < -0.3 is 19.0 Å². The predicted molar refractivity (Wildman–Crippen MR) is 140 cm³/mol. The zero-order chi connectivity index (χ0) is 25.9. The number of aromatic nitrogens is 3. The largest absolute Gasteiger partial charge is 0.496 e. The third-order valence-corrected chi connectivity index (χ3v) is 6.51. The summed E-state index contributed by atoms with van der Waals surface area (Å²) in [6.45, 7) is 1.61. The molecule has 0 aliphatic carbocycles. The van der Waals surface area contributed by atoms with Crippen molar-refractivity contribution in [2.75, 3.05) is 34.3 Å². The number of para-hydroxylation sites is 1. The van der Waals surface area contributed by atoms with Gasteiger partial charge in [0, 0.05) is 67.5 Å². The molecule has 0 saturated carbocycles. The summed E-state index contributed by atoms with van der Waals surface area (Å²) in [6, 6.07) is 13.3. The topological polar surface area (TPSA) is 93.7 Å². The molecule has 1 aliphatic heterocycles. The second-order valence-electron chi connectivity index (χ2n) is 9.20. The zero-order valence-electron chi connectivity index (χ0n) is 21.2. The predicted octanol–water partition coefficient (Wildman–Crippen LogP) is 4.11. The number of aryl methyl sites for hydroxylation is 1. The lowest BCUT2D eigenvalue weighted by atomic mass is 9.98. The van der Waals surface area contributed by atoms with Crippen LogP contribution in [0.15, 0.2) is 65.4 Å². The third-order valence-electron chi connectivity index (χ3n) is 6.51. The van der Waals surface area contributed by atoms with E-state index in [0.29, 0.717) is 48.7 Å². The van der Waals surface area contributed by atoms with Gasteiger partial charge in [-0.2, -0.15) is 0 Å². The third kappa shape index (κ3) is 4.97. The van der Waals surface area contributed by atoms with Gasteiger partial charge in [-0.3, -0.25) is 14.3 Å². The van der Waals surface area contributed by atoms with Crippen LogP contribution in [0.25, 0.3) is 27.7 Å². The molecule has 2 aromatic carbocycles. The summed E-state index contributed by atoms with van der Waals surface area (Å²) >= 11 is 0. The number of carbonyl (C=O) groups is 2. The Hall–Kier alpha value is -4.40. The molecule has 0 spiro atoms. The van der Waals surface area contributed by atoms with Crippen LogP contribution in [0.1, 0.15) is 29.0 Å². The molecule has 0 atom stereocenters. The summed E-state index contributed by atoms with van der Waals surface area (Å²) in [7, 11) is 5.09. The minimum Gasteiger partial charge on any atom is -0.496 e. The fraction of sp³-hybridized carbons (Fsp3) is 0.286. The zero-order valence-corrected chi connectivity index (χ0v) is 21.2. The number of rotatable bonds is 7. The van der Waals surface area contributed by atoms with Crippen LogP contribution in [0.4, 0.5) is 0 Å². The Morgan fingerprint density at radius 2 is 1.97 bits per heavy atom. The van der Waals surface area contributed by atoms with Crippen LogP contribution in [0.5, 0.6) is 5.75 Å². The molecule has 0 bridgehead atoms. The van der Waals surface area contributed by atoms with Crippen molar-refractivity contribution >= 4 is 28.4 Å². The van der Waals surface area contributed by atoms with Crippen LogP contribution in [0.2, 0.25) is 0 Å². The summed E-state index contributed by atoms with van der Waals surface area (Å²) in [5, 5.41) is 8.53. The Bertz CT molecular complexity index is 1470. The van der Waals surface area contributed by atoms with Gasteiger partial charge in [0.2, 0.25) is 5.91 Å². The summed E-state index contributed by atoms with van der Waals surface area (Å²) in [4.78, 5) is 29.2. The highest BCUT2D eigenvalue weighted by Crippen LogP contribution is 2.39. The van der Waals surface area contributed by atoms with Gasteiger partial charge in [0.25, 0.3) is 5.91 Å². The Labute approximate surface area is 214 Å². The van der Waals surface area contributed by atoms with Crippen LogP contribution in [-0.4, -0.2) is 70.9 Å². The van der Waals surface area contributed by atoms with Crippen LogP contribution >= 0.6 is 0 Å². The molecule has 2 aromatic heterocycles. The van der Waals surface area contributed by atoms with Crippen LogP contribution in [-0.2, 0) is 11.3 Å². The molecule has 3 heterocycles. The molecule has 0 saturated heterocycles. The number of fused-ring (bicyclic) bond motifs is 1. The molecule has 0 radical (unpaired) electrons. The normalized spacial score (nSPS) is 13.5. The van der Waals surface area contributed by atoms with Crippen molar-refractivity contribution in [2.45, 2.75) is 19.4 Å². The van der Waals surface area contributed by atoms with E-state index >= 15 is 0 Å². The highest BCUT2D eigenvalue weighted by molar-refractivity contribution is 6.04. The number of furan rings is 1. The molecular weight excluding hydrogens is 470 g/mol. The lowest BCUT2D eigenvalue weighted by Crippen LogP contribution is -2.35. The first-order valence-corrected chi connectivity index (χ1v) is 12.2. The highest BCUT2D eigenvalue weighted by atomic mass is 16.5. The van der Waals surface area contributed by atoms with Gasteiger partial charge in [-0.1, -0.05) is 29.5 Å². The maximum absolute atomic E-state index is 12.9. The average Bonchev–Trinajstić information content (AvgIpc) is 3.61. The Kier molecular flexibility index (Phi) is 6.76. The molecule has 0 fully saturated rings. The highest BCUT2D eigenvalue weighted by Gasteiger charge is 2.23. The number of hydrogen-bond donors (Lipinski definition) is 0. The van der Waals surface area contributed by atoms with Crippen molar-refractivity contribution in [2.24, 2.45) is 0 Å². The maximum atomic E-state index is 12.9. The van der Waals surface area contributed by atoms with E-state index in [1.807, 2.05) is 47.4 Å². The van der Waals surface area contributed by atoms with Crippen molar-refractivity contribution in [1.82, 2.24) is 24.8 Å². The number of amides is 2. The first kappa shape index (κ1) is 24.3. The molecule has 0 unspecified atom stereocenters. The molecule has 190 valence electrons. The number of benzene rings is 2. The first-order chi connectivity index (χ1) is 17.9. The summed E-state index contributed by atoms with van der Waals surface area (Å²) in [5.41, 5.74) is 3.80. The van der Waals surface area contributed by atoms with E-state index < -0.39 is 0 Å². The van der Waals surface area contributed by atoms with Crippen molar-refractivity contribution in [3.8, 4) is 16.9 Å². The molecule has 5 rings (SSSR count). The lowest BCUT2D eigenvalue weighted by molar-refractivity contribution is -0.131. The lowest BCUT2D eigenvalue weighted by Gasteiger charge is -2.26. The van der Waals surface area contributed by atoms with Crippen LogP contribution in [0.3, 0.4) is 0 Å². The van der Waals surface area contributed by atoms with Gasteiger partial charge in [0.15, 0.2) is 0 Å². The molecule has 4 aromatic rings. The van der Waals surface area contributed by atoms with Crippen molar-refractivity contribution < 1.29 is 18.7 Å². The number of nitrogens with zero attached hydrogens (tertiary/aromatic N) is 5. The van der Waals surface area contributed by atoms with Crippen molar-refractivity contribution in [3.63, 3.8) is 0 Å². The molecule has 37 heavy (non-hydrogen) atoms. The maximum Gasteiger partial charge on any atom is 0.253 e. The van der Waals surface area contributed by atoms with E-state index in [-0.39, 0.29) is 11.8 Å². The quantitative estimate of drug-likeness (QED) is 0.380. The van der Waals surface area contributed by atoms with Gasteiger partial charge in [-0.15, -0.1) is 5.10 Å². The summed E-state index contributed by atoms with van der Waals surface area (Å²) in [6.07, 6.45) is 6.56. The SMILES string of the molecule is COc1ccccc1-c1cc(C(=O)N(C)C)cc2cc(C3=CCCN(C(=O)CCn4ccnn4)C3)oc12. The second kappa shape index (κ2) is 10.3. The standard InChI is InChI=1S/C28H29N5O4/c1-31(2)28(35)21-15-20-17-25(37-27(20)23(16-21)22-8-4-5-9-24(22)36-3)19-7-6-12-32(18-19)26(34)10-13-33-14-11-29-30-33/h4-5,7-9,11,14-17H,6,10,12-13,18H2,1-3H3. The summed E-state index contributed by atoms with van der Waals surface area (Å²) < 4.78 is 13.7. The molecule has 0 N–H and O–H groups in total. The van der Waals surface area contributed by atoms with E-state index in [9.17, 15) is 9.59 Å². The molecule has 2 amide bonds. The van der Waals surface area contributed by atoms with Crippen LogP contribution in [0, 0.1) is 0 Å². The number of ether oxygens (including phenoxy) is 1. The monoisotopic (exact) mass is 499 g/mol. The number of carbonyl (C=O) groups excluding carboxylic acids is 2. The van der Waals surface area contributed by atoms with E-state index in [1.54, 1.807) is 43.2 Å². The average molecular weight is 500 g/mol. The smallest absolute Gasteiger partial charge is 0.253 e. The minimum atomic E-state index is -0.0955. The Morgan fingerprint density at radius 1 is 1.14 bits per heavy atom. The second-order valence-corrected chi connectivity index (χ2v) is 9.20. The minimum absolute atomic E-state index is 0.0609. The fourth-order valence-electron chi connectivity index (χ4n) is 4.62. The molecule has 9 nitrogen and oxygen atoms in total. The molecule has 1 aliphatic rings. The van der Waals surface area contributed by atoms with E-state index in [4.69, 9.17) is 9.15 Å². The van der Waals surface area contributed by atoms with Gasteiger partial charge in [-0.25, -0.2) is 0 Å². The molecule has 9 heteroatoms. The van der Waals surface area contributed by atoms with E-state index in [0.717, 1.165) is 28.5 Å². The van der Waals surface area contributed by atoms with Crippen LogP contribution < -0.4 is 4.74 Å². The van der Waals surface area contributed by atoms with Gasteiger partial charge in [0.05, 0.1) is 19.9 Å². The van der Waals surface area contributed by atoms with E-state index in [1.165, 1.54) is 0 Å². The Morgan fingerprint density at radius 3 is 2.73 bits per heavy atom. The Balaban J connectivity index is 1.49. The van der Waals surface area contributed by atoms with E-state index in [2.05, 4.69) is 16.4 Å².